The highest BCUT2D eigenvalue weighted by atomic mass is 79.9. The van der Waals surface area contributed by atoms with Gasteiger partial charge in [0.1, 0.15) is 0 Å². The van der Waals surface area contributed by atoms with E-state index in [2.05, 4.69) is 47.7 Å². The van der Waals surface area contributed by atoms with Crippen LogP contribution in [0.2, 0.25) is 5.02 Å². The molecule has 0 aliphatic carbocycles. The Morgan fingerprint density at radius 1 is 0.795 bits per heavy atom. The van der Waals surface area contributed by atoms with Crippen molar-refractivity contribution in [1.82, 2.24) is 5.43 Å². The van der Waals surface area contributed by atoms with Crippen LogP contribution in [0.15, 0.2) is 86.8 Å². The Balaban J connectivity index is 1.51. The number of halogens is 3. The van der Waals surface area contributed by atoms with Crippen LogP contribution in [0.1, 0.15) is 36.6 Å². The first-order valence-corrected chi connectivity index (χ1v) is 14.6. The second-order valence-corrected chi connectivity index (χ2v) is 11.0. The number of hydrazone groups is 1. The minimum atomic E-state index is -0.707. The third-order valence-electron chi connectivity index (χ3n) is 6.00. The van der Waals surface area contributed by atoms with E-state index in [1.807, 2.05) is 0 Å². The molecule has 13 heteroatoms. The maximum absolute atomic E-state index is 13.2. The molecule has 2 N–H and O–H groups in total. The maximum Gasteiger partial charge on any atom is 0.343 e. The van der Waals surface area contributed by atoms with E-state index in [0.717, 1.165) is 0 Å². The highest BCUT2D eigenvalue weighted by Crippen LogP contribution is 2.39. The Morgan fingerprint density at radius 3 is 2.16 bits per heavy atom. The first kappa shape index (κ1) is 32.5. The highest BCUT2D eigenvalue weighted by molar-refractivity contribution is 9.11. The normalized spacial score (nSPS) is 10.7. The minimum Gasteiger partial charge on any atom is -0.493 e. The van der Waals surface area contributed by atoms with Crippen LogP contribution in [0.5, 0.6) is 23.0 Å². The van der Waals surface area contributed by atoms with Gasteiger partial charge >= 0.3 is 5.97 Å². The molecule has 0 aliphatic rings. The molecule has 0 heterocycles. The lowest BCUT2D eigenvalue weighted by Gasteiger charge is -2.15. The summed E-state index contributed by atoms with van der Waals surface area (Å²) in [5.41, 5.74) is 3.89. The van der Waals surface area contributed by atoms with Gasteiger partial charge in [-0.2, -0.15) is 5.10 Å². The number of methoxy groups -OCH3 is 3. The van der Waals surface area contributed by atoms with Gasteiger partial charge in [-0.3, -0.25) is 9.59 Å². The Kier molecular flexibility index (Phi) is 11.0. The number of nitrogens with zero attached hydrogens (tertiary/aromatic N) is 1. The molecule has 0 aliphatic heterocycles. The summed E-state index contributed by atoms with van der Waals surface area (Å²) >= 11 is 12.9. The Bertz CT molecular complexity index is 1740. The summed E-state index contributed by atoms with van der Waals surface area (Å²) in [5.74, 6) is -0.624. The molecule has 4 aromatic rings. The van der Waals surface area contributed by atoms with E-state index in [0.29, 0.717) is 36.5 Å². The molecule has 2 amide bonds. The van der Waals surface area contributed by atoms with Crippen LogP contribution in [0.25, 0.3) is 0 Å². The topological polar surface area (TPSA) is 125 Å². The van der Waals surface area contributed by atoms with Crippen molar-refractivity contribution in [2.45, 2.75) is 0 Å². The predicted octanol–water partition coefficient (Wildman–Crippen LogP) is 7.13. The average Bonchev–Trinajstić information content (AvgIpc) is 3.01. The van der Waals surface area contributed by atoms with Gasteiger partial charge < -0.3 is 24.3 Å². The van der Waals surface area contributed by atoms with Gasteiger partial charge in [-0.15, -0.1) is 0 Å². The summed E-state index contributed by atoms with van der Waals surface area (Å²) in [4.78, 5) is 38.6. The molecule has 0 aromatic heterocycles. The number of carbonyl (C=O) groups is 3. The molecule has 0 spiro atoms. The van der Waals surface area contributed by atoms with Crippen molar-refractivity contribution in [2.75, 3.05) is 26.6 Å². The lowest BCUT2D eigenvalue weighted by molar-refractivity contribution is 0.0731. The second-order valence-electron chi connectivity index (χ2n) is 8.82. The Labute approximate surface area is 274 Å². The van der Waals surface area contributed by atoms with Crippen LogP contribution < -0.4 is 29.7 Å². The number of hydrogen-bond acceptors (Lipinski definition) is 8. The third kappa shape index (κ3) is 7.76. The summed E-state index contributed by atoms with van der Waals surface area (Å²) in [6.45, 7) is 0. The summed E-state index contributed by atoms with van der Waals surface area (Å²) < 4.78 is 22.8. The SMILES string of the molecule is COc1cc(C(=O)Oc2c(Br)cc(Br)cc2C=NNC(=O)c2cccc(NC(=O)c3ccccc3Cl)c2)cc(OC)c1OC. The van der Waals surface area contributed by atoms with Gasteiger partial charge in [-0.25, -0.2) is 10.2 Å². The molecule has 0 fully saturated rings. The van der Waals surface area contributed by atoms with Gasteiger partial charge in [-0.1, -0.05) is 45.7 Å². The number of amides is 2. The van der Waals surface area contributed by atoms with Crippen LogP contribution in [-0.2, 0) is 0 Å². The van der Waals surface area contributed by atoms with E-state index in [9.17, 15) is 14.4 Å². The van der Waals surface area contributed by atoms with E-state index in [1.54, 1.807) is 54.6 Å². The number of hydrogen-bond donors (Lipinski definition) is 2. The van der Waals surface area contributed by atoms with Crippen molar-refractivity contribution in [3.8, 4) is 23.0 Å². The van der Waals surface area contributed by atoms with Crippen molar-refractivity contribution >= 4 is 73.1 Å². The molecule has 10 nitrogen and oxygen atoms in total. The average molecular weight is 746 g/mol. The lowest BCUT2D eigenvalue weighted by Crippen LogP contribution is -2.18. The van der Waals surface area contributed by atoms with Gasteiger partial charge in [0.2, 0.25) is 5.75 Å². The van der Waals surface area contributed by atoms with Gasteiger partial charge in [0, 0.05) is 21.3 Å². The van der Waals surface area contributed by atoms with Crippen molar-refractivity contribution in [1.29, 1.82) is 0 Å². The van der Waals surface area contributed by atoms with Gasteiger partial charge in [0.05, 0.1) is 48.2 Å². The third-order valence-corrected chi connectivity index (χ3v) is 7.38. The molecule has 0 saturated carbocycles. The van der Waals surface area contributed by atoms with Crippen molar-refractivity contribution in [3.05, 3.63) is 109 Å². The number of anilines is 1. The minimum absolute atomic E-state index is 0.145. The van der Waals surface area contributed by atoms with E-state index in [4.69, 9.17) is 30.5 Å². The van der Waals surface area contributed by atoms with E-state index < -0.39 is 17.8 Å². The van der Waals surface area contributed by atoms with Gasteiger partial charge in [-0.05, 0) is 70.5 Å². The fourth-order valence-electron chi connectivity index (χ4n) is 3.94. The summed E-state index contributed by atoms with van der Waals surface area (Å²) in [5, 5.41) is 7.08. The van der Waals surface area contributed by atoms with Gasteiger partial charge in [0.25, 0.3) is 11.8 Å². The maximum atomic E-state index is 13.2. The van der Waals surface area contributed by atoms with Crippen LogP contribution in [0, 0.1) is 0 Å². The number of carbonyl (C=O) groups excluding carboxylic acids is 3. The standard InChI is InChI=1S/C31H24Br2ClN3O7/c1-41-25-13-18(14-26(42-2)28(25)43-3)31(40)44-27-19(11-20(32)15-23(27)33)16-35-37-29(38)17-7-6-8-21(12-17)36-30(39)22-9-4-5-10-24(22)34/h4-16H,1-3H3,(H,36,39)(H,37,38). The molecule has 4 rings (SSSR count). The molecule has 0 radical (unpaired) electrons. The quantitative estimate of drug-likeness (QED) is 0.0767. The van der Waals surface area contributed by atoms with E-state index >= 15 is 0 Å². The first-order chi connectivity index (χ1) is 21.1. The molecule has 44 heavy (non-hydrogen) atoms. The fourth-order valence-corrected chi connectivity index (χ4v) is 5.50. The van der Waals surface area contributed by atoms with Crippen molar-refractivity contribution in [3.63, 3.8) is 0 Å². The van der Waals surface area contributed by atoms with Crippen LogP contribution in [-0.4, -0.2) is 45.3 Å². The zero-order valence-electron chi connectivity index (χ0n) is 23.4. The first-order valence-electron chi connectivity index (χ1n) is 12.7. The van der Waals surface area contributed by atoms with Crippen LogP contribution in [0.3, 0.4) is 0 Å². The molecule has 4 aromatic carbocycles. The Morgan fingerprint density at radius 2 is 1.50 bits per heavy atom. The molecule has 0 atom stereocenters. The monoisotopic (exact) mass is 743 g/mol. The highest BCUT2D eigenvalue weighted by Gasteiger charge is 2.21. The Hall–Kier alpha value is -4.39. The summed E-state index contributed by atoms with van der Waals surface area (Å²) in [6, 6.07) is 19.2. The van der Waals surface area contributed by atoms with Crippen molar-refractivity contribution in [2.24, 2.45) is 5.10 Å². The number of benzene rings is 4. The smallest absolute Gasteiger partial charge is 0.343 e. The van der Waals surface area contributed by atoms with Gasteiger partial charge in [0.15, 0.2) is 17.2 Å². The molecule has 0 unspecified atom stereocenters. The summed E-state index contributed by atoms with van der Waals surface area (Å²) in [7, 11) is 4.33. The van der Waals surface area contributed by atoms with Crippen LogP contribution in [0.4, 0.5) is 5.69 Å². The fraction of sp³-hybridized carbons (Fsp3) is 0.0968. The number of ether oxygens (including phenoxy) is 4. The molecule has 0 saturated heterocycles. The largest absolute Gasteiger partial charge is 0.493 e. The van der Waals surface area contributed by atoms with E-state index in [1.165, 1.54) is 45.7 Å². The predicted molar refractivity (Wildman–Crippen MR) is 174 cm³/mol. The zero-order valence-corrected chi connectivity index (χ0v) is 27.4. The molecule has 226 valence electrons. The van der Waals surface area contributed by atoms with Crippen LogP contribution >= 0.6 is 43.5 Å². The molecule has 0 bridgehead atoms. The number of nitrogens with one attached hydrogen (secondary N) is 2. The summed E-state index contributed by atoms with van der Waals surface area (Å²) in [6.07, 6.45) is 1.33. The van der Waals surface area contributed by atoms with E-state index in [-0.39, 0.29) is 28.4 Å². The second kappa shape index (κ2) is 14.9. The molecular formula is C31H24Br2ClN3O7. The lowest BCUT2D eigenvalue weighted by atomic mass is 10.1. The number of esters is 1. The number of rotatable bonds is 10. The zero-order chi connectivity index (χ0) is 31.8. The molecular weight excluding hydrogens is 722 g/mol. The van der Waals surface area contributed by atoms with Crippen molar-refractivity contribution < 1.29 is 33.3 Å².